The van der Waals surface area contributed by atoms with Gasteiger partial charge in [-0.2, -0.15) is 4.98 Å². The second-order valence-corrected chi connectivity index (χ2v) is 5.23. The molecule has 0 saturated carbocycles. The Kier molecular flexibility index (Phi) is 3.94. The molecule has 2 aromatic rings. The monoisotopic (exact) mass is 286 g/mol. The number of piperidine rings is 1. The Balaban J connectivity index is 1.72. The van der Waals surface area contributed by atoms with Gasteiger partial charge in [-0.3, -0.25) is 9.78 Å². The Morgan fingerprint density at radius 1 is 1.43 bits per heavy atom. The van der Waals surface area contributed by atoms with E-state index >= 15 is 0 Å². The van der Waals surface area contributed by atoms with E-state index in [0.29, 0.717) is 18.0 Å². The molecule has 1 fully saturated rings. The molecule has 0 radical (unpaired) electrons. The maximum atomic E-state index is 12.5. The average molecular weight is 286 g/mol. The molecule has 1 saturated heterocycles. The van der Waals surface area contributed by atoms with E-state index in [1.807, 2.05) is 11.8 Å². The third-order valence-electron chi connectivity index (χ3n) is 3.79. The summed E-state index contributed by atoms with van der Waals surface area (Å²) in [5.74, 6) is 1.55. The smallest absolute Gasteiger partial charge is 0.253 e. The summed E-state index contributed by atoms with van der Waals surface area (Å²) in [5.41, 5.74) is 0.672. The minimum Gasteiger partial charge on any atom is -0.339 e. The van der Waals surface area contributed by atoms with Gasteiger partial charge < -0.3 is 9.42 Å². The Morgan fingerprint density at radius 2 is 2.24 bits per heavy atom. The van der Waals surface area contributed by atoms with Gasteiger partial charge in [0.15, 0.2) is 5.82 Å². The fourth-order valence-corrected chi connectivity index (χ4v) is 2.62. The lowest BCUT2D eigenvalue weighted by molar-refractivity contribution is 0.0695. The standard InChI is InChI=1S/C15H18N4O2/c1-2-13-17-14(21-18-13)12-4-3-9-19(10-12)15(20)11-5-7-16-8-6-11/h5-8,12H,2-4,9-10H2,1H3/t12-/m1/s1. The van der Waals surface area contributed by atoms with Gasteiger partial charge in [0, 0.05) is 37.5 Å². The van der Waals surface area contributed by atoms with Gasteiger partial charge in [-0.15, -0.1) is 0 Å². The van der Waals surface area contributed by atoms with Crippen molar-refractivity contribution in [3.63, 3.8) is 0 Å². The highest BCUT2D eigenvalue weighted by atomic mass is 16.5. The van der Waals surface area contributed by atoms with Crippen LogP contribution in [0.4, 0.5) is 0 Å². The molecule has 0 N–H and O–H groups in total. The van der Waals surface area contributed by atoms with Crippen LogP contribution in [0.15, 0.2) is 29.0 Å². The third-order valence-corrected chi connectivity index (χ3v) is 3.79. The van der Waals surface area contributed by atoms with Crippen LogP contribution in [0.5, 0.6) is 0 Å². The van der Waals surface area contributed by atoms with Gasteiger partial charge in [0.05, 0.1) is 5.92 Å². The summed E-state index contributed by atoms with van der Waals surface area (Å²) in [6.45, 7) is 3.40. The summed E-state index contributed by atoms with van der Waals surface area (Å²) in [6, 6.07) is 3.49. The van der Waals surface area contributed by atoms with E-state index in [1.54, 1.807) is 24.5 Å². The van der Waals surface area contributed by atoms with Gasteiger partial charge in [0.25, 0.3) is 5.91 Å². The number of hydrogen-bond donors (Lipinski definition) is 0. The van der Waals surface area contributed by atoms with Gasteiger partial charge in [-0.25, -0.2) is 0 Å². The lowest BCUT2D eigenvalue weighted by Gasteiger charge is -2.31. The van der Waals surface area contributed by atoms with Gasteiger partial charge >= 0.3 is 0 Å². The average Bonchev–Trinajstić information content (AvgIpc) is 3.04. The van der Waals surface area contributed by atoms with Crippen molar-refractivity contribution >= 4 is 5.91 Å². The van der Waals surface area contributed by atoms with E-state index in [-0.39, 0.29) is 11.8 Å². The second-order valence-electron chi connectivity index (χ2n) is 5.23. The van der Waals surface area contributed by atoms with E-state index in [0.717, 1.165) is 31.6 Å². The highest BCUT2D eigenvalue weighted by molar-refractivity contribution is 5.94. The zero-order chi connectivity index (χ0) is 14.7. The molecule has 0 bridgehead atoms. The van der Waals surface area contributed by atoms with Crippen molar-refractivity contribution in [3.8, 4) is 0 Å². The van der Waals surface area contributed by atoms with Crippen molar-refractivity contribution in [1.82, 2.24) is 20.0 Å². The molecular weight excluding hydrogens is 268 g/mol. The summed E-state index contributed by atoms with van der Waals surface area (Å²) >= 11 is 0. The van der Waals surface area contributed by atoms with E-state index in [1.165, 1.54) is 0 Å². The highest BCUT2D eigenvalue weighted by Crippen LogP contribution is 2.26. The van der Waals surface area contributed by atoms with E-state index in [4.69, 9.17) is 4.52 Å². The number of carbonyl (C=O) groups excluding carboxylic acids is 1. The molecule has 0 unspecified atom stereocenters. The van der Waals surface area contributed by atoms with Crippen molar-refractivity contribution in [1.29, 1.82) is 0 Å². The maximum Gasteiger partial charge on any atom is 0.253 e. The SMILES string of the molecule is CCc1noc([C@@H]2CCCN(C(=O)c3ccncc3)C2)n1. The molecule has 3 heterocycles. The van der Waals surface area contributed by atoms with E-state index < -0.39 is 0 Å². The number of carbonyl (C=O) groups is 1. The number of likely N-dealkylation sites (tertiary alicyclic amines) is 1. The molecule has 0 spiro atoms. The summed E-state index contributed by atoms with van der Waals surface area (Å²) in [7, 11) is 0. The summed E-state index contributed by atoms with van der Waals surface area (Å²) < 4.78 is 5.32. The summed E-state index contributed by atoms with van der Waals surface area (Å²) in [4.78, 5) is 22.7. The molecule has 1 atom stereocenters. The Hall–Kier alpha value is -2.24. The molecule has 21 heavy (non-hydrogen) atoms. The number of rotatable bonds is 3. The van der Waals surface area contributed by atoms with Gasteiger partial charge in [0.2, 0.25) is 5.89 Å². The van der Waals surface area contributed by atoms with Crippen molar-refractivity contribution in [2.24, 2.45) is 0 Å². The molecule has 1 aliphatic heterocycles. The zero-order valence-electron chi connectivity index (χ0n) is 12.0. The van der Waals surface area contributed by atoms with Crippen LogP contribution in [-0.4, -0.2) is 39.0 Å². The lowest BCUT2D eigenvalue weighted by Crippen LogP contribution is -2.39. The first-order valence-electron chi connectivity index (χ1n) is 7.29. The van der Waals surface area contributed by atoms with E-state index in [2.05, 4.69) is 15.1 Å². The molecule has 0 aromatic carbocycles. The molecule has 3 rings (SSSR count). The lowest BCUT2D eigenvalue weighted by atomic mass is 9.97. The van der Waals surface area contributed by atoms with Gasteiger partial charge in [-0.1, -0.05) is 12.1 Å². The predicted molar refractivity (Wildman–Crippen MR) is 75.8 cm³/mol. The topological polar surface area (TPSA) is 72.1 Å². The summed E-state index contributed by atoms with van der Waals surface area (Å²) in [5, 5.41) is 3.94. The largest absolute Gasteiger partial charge is 0.339 e. The van der Waals surface area contributed by atoms with Crippen molar-refractivity contribution in [2.45, 2.75) is 32.1 Å². The molecular formula is C15H18N4O2. The summed E-state index contributed by atoms with van der Waals surface area (Å²) in [6.07, 6.45) is 5.97. The number of pyridine rings is 1. The molecule has 110 valence electrons. The minimum absolute atomic E-state index is 0.0392. The fourth-order valence-electron chi connectivity index (χ4n) is 2.62. The minimum atomic E-state index is 0.0392. The van der Waals surface area contributed by atoms with E-state index in [9.17, 15) is 4.79 Å². The van der Waals surface area contributed by atoms with Gasteiger partial charge in [0.1, 0.15) is 0 Å². The van der Waals surface area contributed by atoms with Crippen LogP contribution in [0, 0.1) is 0 Å². The molecule has 6 nitrogen and oxygen atoms in total. The third kappa shape index (κ3) is 2.94. The first-order valence-corrected chi connectivity index (χ1v) is 7.29. The number of hydrogen-bond acceptors (Lipinski definition) is 5. The van der Waals surface area contributed by atoms with Gasteiger partial charge in [-0.05, 0) is 25.0 Å². The zero-order valence-corrected chi connectivity index (χ0v) is 12.0. The Morgan fingerprint density at radius 3 is 2.95 bits per heavy atom. The number of aryl methyl sites for hydroxylation is 1. The van der Waals surface area contributed by atoms with Crippen LogP contribution in [0.3, 0.4) is 0 Å². The van der Waals surface area contributed by atoms with Crippen LogP contribution in [-0.2, 0) is 6.42 Å². The normalized spacial score (nSPS) is 18.7. The Bertz CT molecular complexity index is 611. The molecule has 0 aliphatic carbocycles. The van der Waals surface area contributed by atoms with Crippen LogP contribution in [0.25, 0.3) is 0 Å². The molecule has 1 aliphatic rings. The first kappa shape index (κ1) is 13.7. The highest BCUT2D eigenvalue weighted by Gasteiger charge is 2.28. The van der Waals surface area contributed by atoms with Crippen molar-refractivity contribution in [2.75, 3.05) is 13.1 Å². The number of aromatic nitrogens is 3. The quantitative estimate of drug-likeness (QED) is 0.863. The van der Waals surface area contributed by atoms with Crippen LogP contribution in [0.2, 0.25) is 0 Å². The molecule has 2 aromatic heterocycles. The predicted octanol–water partition coefficient (Wildman–Crippen LogP) is 2.05. The number of amides is 1. The second kappa shape index (κ2) is 6.03. The van der Waals surface area contributed by atoms with Crippen molar-refractivity contribution < 1.29 is 9.32 Å². The molecule has 6 heteroatoms. The van der Waals surface area contributed by atoms with Crippen molar-refractivity contribution in [3.05, 3.63) is 41.8 Å². The Labute approximate surface area is 123 Å². The fraction of sp³-hybridized carbons (Fsp3) is 0.467. The maximum absolute atomic E-state index is 12.5. The van der Waals surface area contributed by atoms with Crippen LogP contribution in [0.1, 0.15) is 47.8 Å². The molecule has 1 amide bonds. The first-order chi connectivity index (χ1) is 10.3. The number of nitrogens with zero attached hydrogens (tertiary/aromatic N) is 4. The van der Waals surface area contributed by atoms with Crippen LogP contribution >= 0.6 is 0 Å². The van der Waals surface area contributed by atoms with Crippen LogP contribution < -0.4 is 0 Å².